The minimum Gasteiger partial charge on any atom is -0.497 e. The van der Waals surface area contributed by atoms with Gasteiger partial charge in [0.05, 0.1) is 33.3 Å². The van der Waals surface area contributed by atoms with Gasteiger partial charge in [0.2, 0.25) is 21.8 Å². The lowest BCUT2D eigenvalue weighted by Gasteiger charge is -2.33. The zero-order chi connectivity index (χ0) is 27.6. The summed E-state index contributed by atoms with van der Waals surface area (Å²) in [4.78, 5) is 28.1. The van der Waals surface area contributed by atoms with E-state index in [1.807, 2.05) is 13.8 Å². The number of anilines is 1. The molecule has 2 aromatic rings. The SMILES string of the molecule is CCCNC(=O)[C@@H](CC)N(Cc1ccc(OC)cc1)C(=O)CN(c1ccc(OC)c(OC)c1)S(C)(=O)=O. The van der Waals surface area contributed by atoms with Crippen molar-refractivity contribution < 1.29 is 32.2 Å². The Bertz CT molecular complexity index is 1150. The number of ether oxygens (including phenoxy) is 3. The van der Waals surface area contributed by atoms with Crippen molar-refractivity contribution >= 4 is 27.5 Å². The van der Waals surface area contributed by atoms with Crippen molar-refractivity contribution in [2.45, 2.75) is 39.3 Å². The Morgan fingerprint density at radius 3 is 2.11 bits per heavy atom. The van der Waals surface area contributed by atoms with Gasteiger partial charge in [0, 0.05) is 19.2 Å². The van der Waals surface area contributed by atoms with E-state index < -0.39 is 28.5 Å². The number of methoxy groups -OCH3 is 3. The van der Waals surface area contributed by atoms with Crippen molar-refractivity contribution in [3.05, 3.63) is 48.0 Å². The lowest BCUT2D eigenvalue weighted by atomic mass is 10.1. The van der Waals surface area contributed by atoms with Crippen molar-refractivity contribution in [2.75, 3.05) is 45.0 Å². The van der Waals surface area contributed by atoms with Crippen LogP contribution in [0.5, 0.6) is 17.2 Å². The van der Waals surface area contributed by atoms with Gasteiger partial charge < -0.3 is 24.4 Å². The minimum absolute atomic E-state index is 0.115. The van der Waals surface area contributed by atoms with Crippen molar-refractivity contribution in [3.8, 4) is 17.2 Å². The fourth-order valence-electron chi connectivity index (χ4n) is 3.81. The summed E-state index contributed by atoms with van der Waals surface area (Å²) in [5.74, 6) is 0.594. The minimum atomic E-state index is -3.87. The van der Waals surface area contributed by atoms with E-state index in [9.17, 15) is 18.0 Å². The molecule has 2 rings (SSSR count). The Morgan fingerprint density at radius 2 is 1.59 bits per heavy atom. The molecule has 10 nitrogen and oxygen atoms in total. The third kappa shape index (κ3) is 8.01. The smallest absolute Gasteiger partial charge is 0.244 e. The predicted molar refractivity (Wildman–Crippen MR) is 143 cm³/mol. The van der Waals surface area contributed by atoms with Gasteiger partial charge in [0.15, 0.2) is 11.5 Å². The number of rotatable bonds is 14. The molecule has 37 heavy (non-hydrogen) atoms. The average molecular weight is 536 g/mol. The second-order valence-corrected chi connectivity index (χ2v) is 10.3. The van der Waals surface area contributed by atoms with Crippen molar-refractivity contribution in [1.29, 1.82) is 0 Å². The number of hydrogen-bond donors (Lipinski definition) is 1. The average Bonchev–Trinajstić information content (AvgIpc) is 2.89. The van der Waals surface area contributed by atoms with Crippen LogP contribution in [0, 0.1) is 0 Å². The summed E-state index contributed by atoms with van der Waals surface area (Å²) in [7, 11) is 0.605. The lowest BCUT2D eigenvalue weighted by Crippen LogP contribution is -2.52. The molecule has 1 N–H and O–H groups in total. The van der Waals surface area contributed by atoms with Crippen LogP contribution in [0.15, 0.2) is 42.5 Å². The first kappa shape index (κ1) is 29.8. The second kappa shape index (κ2) is 13.7. The van der Waals surface area contributed by atoms with Crippen LogP contribution in [0.25, 0.3) is 0 Å². The molecule has 0 spiro atoms. The molecule has 0 saturated heterocycles. The lowest BCUT2D eigenvalue weighted by molar-refractivity contribution is -0.140. The molecule has 0 heterocycles. The van der Waals surface area contributed by atoms with Crippen molar-refractivity contribution in [3.63, 3.8) is 0 Å². The number of hydrogen-bond acceptors (Lipinski definition) is 7. The van der Waals surface area contributed by atoms with Gasteiger partial charge >= 0.3 is 0 Å². The third-order valence-corrected chi connectivity index (χ3v) is 6.92. The van der Waals surface area contributed by atoms with Crippen LogP contribution in [-0.2, 0) is 26.2 Å². The molecule has 0 aliphatic carbocycles. The summed E-state index contributed by atoms with van der Waals surface area (Å²) in [6.07, 6.45) is 2.12. The molecule has 0 fully saturated rings. The molecule has 0 saturated carbocycles. The van der Waals surface area contributed by atoms with Crippen LogP contribution in [0.3, 0.4) is 0 Å². The maximum absolute atomic E-state index is 13.7. The first-order valence-electron chi connectivity index (χ1n) is 12.0. The van der Waals surface area contributed by atoms with Gasteiger partial charge in [-0.25, -0.2) is 8.42 Å². The molecular formula is C26H37N3O7S. The fraction of sp³-hybridized carbons (Fsp3) is 0.462. The van der Waals surface area contributed by atoms with Crippen LogP contribution >= 0.6 is 0 Å². The third-order valence-electron chi connectivity index (χ3n) is 5.78. The Morgan fingerprint density at radius 1 is 0.946 bits per heavy atom. The summed E-state index contributed by atoms with van der Waals surface area (Å²) in [5.41, 5.74) is 1.01. The Balaban J connectivity index is 2.46. The summed E-state index contributed by atoms with van der Waals surface area (Å²) in [6.45, 7) is 3.84. The van der Waals surface area contributed by atoms with E-state index in [1.165, 1.54) is 31.3 Å². The van der Waals surface area contributed by atoms with Gasteiger partial charge in [-0.15, -0.1) is 0 Å². The van der Waals surface area contributed by atoms with E-state index in [4.69, 9.17) is 14.2 Å². The molecule has 0 aliphatic rings. The van der Waals surface area contributed by atoms with E-state index in [1.54, 1.807) is 37.4 Å². The number of benzene rings is 2. The number of carbonyl (C=O) groups excluding carboxylic acids is 2. The Hall–Kier alpha value is -3.47. The van der Waals surface area contributed by atoms with Gasteiger partial charge in [-0.05, 0) is 42.7 Å². The van der Waals surface area contributed by atoms with Crippen LogP contribution in [0.2, 0.25) is 0 Å². The zero-order valence-electron chi connectivity index (χ0n) is 22.3. The van der Waals surface area contributed by atoms with Crippen LogP contribution in [-0.4, -0.2) is 71.8 Å². The summed E-state index contributed by atoms with van der Waals surface area (Å²) in [5, 5.41) is 2.85. The second-order valence-electron chi connectivity index (χ2n) is 8.39. The Labute approximate surface area is 219 Å². The van der Waals surface area contributed by atoms with Crippen LogP contribution in [0.4, 0.5) is 5.69 Å². The number of carbonyl (C=O) groups is 2. The molecule has 0 aliphatic heterocycles. The molecule has 2 amide bonds. The maximum atomic E-state index is 13.7. The fourth-order valence-corrected chi connectivity index (χ4v) is 4.65. The molecule has 0 bridgehead atoms. The van der Waals surface area contributed by atoms with Gasteiger partial charge in [-0.3, -0.25) is 13.9 Å². The van der Waals surface area contributed by atoms with E-state index in [-0.39, 0.29) is 18.1 Å². The molecule has 11 heteroatoms. The largest absolute Gasteiger partial charge is 0.497 e. The Kier molecular flexibility index (Phi) is 11.0. The summed E-state index contributed by atoms with van der Waals surface area (Å²) < 4.78 is 42.3. The monoisotopic (exact) mass is 535 g/mol. The molecule has 1 atom stereocenters. The number of nitrogens with one attached hydrogen (secondary N) is 1. The summed E-state index contributed by atoms with van der Waals surface area (Å²) >= 11 is 0. The van der Waals surface area contributed by atoms with Gasteiger partial charge in [-0.1, -0.05) is 26.0 Å². The highest BCUT2D eigenvalue weighted by Crippen LogP contribution is 2.32. The molecule has 204 valence electrons. The predicted octanol–water partition coefficient (Wildman–Crippen LogP) is 2.81. The van der Waals surface area contributed by atoms with E-state index in [0.29, 0.717) is 30.2 Å². The van der Waals surface area contributed by atoms with Crippen LogP contribution in [0.1, 0.15) is 32.3 Å². The van der Waals surface area contributed by atoms with Crippen molar-refractivity contribution in [2.24, 2.45) is 0 Å². The van der Waals surface area contributed by atoms with E-state index in [0.717, 1.165) is 22.5 Å². The molecule has 0 aromatic heterocycles. The highest BCUT2D eigenvalue weighted by Gasteiger charge is 2.32. The molecule has 0 radical (unpaired) electrons. The van der Waals surface area contributed by atoms with E-state index >= 15 is 0 Å². The number of sulfonamides is 1. The first-order valence-corrected chi connectivity index (χ1v) is 13.8. The molecule has 2 aromatic carbocycles. The van der Waals surface area contributed by atoms with Gasteiger partial charge in [0.25, 0.3) is 0 Å². The maximum Gasteiger partial charge on any atom is 0.244 e. The van der Waals surface area contributed by atoms with Crippen molar-refractivity contribution in [1.82, 2.24) is 10.2 Å². The summed E-state index contributed by atoms with van der Waals surface area (Å²) in [6, 6.07) is 11.0. The number of nitrogens with zero attached hydrogens (tertiary/aromatic N) is 2. The van der Waals surface area contributed by atoms with Crippen LogP contribution < -0.4 is 23.8 Å². The topological polar surface area (TPSA) is 114 Å². The normalized spacial score (nSPS) is 11.8. The molecular weight excluding hydrogens is 498 g/mol. The van der Waals surface area contributed by atoms with E-state index in [2.05, 4.69) is 5.32 Å². The first-order chi connectivity index (χ1) is 17.6. The van der Waals surface area contributed by atoms with Gasteiger partial charge in [-0.2, -0.15) is 0 Å². The standard InChI is InChI=1S/C26H37N3O7S/c1-7-15-27-26(31)22(8-2)28(17-19-9-12-21(34-3)13-10-19)25(30)18-29(37(6,32)33)20-11-14-23(35-4)24(16-20)36-5/h9-14,16,22H,7-8,15,17-18H2,1-6H3,(H,27,31)/t22-/m1/s1. The highest BCUT2D eigenvalue weighted by atomic mass is 32.2. The van der Waals surface area contributed by atoms with Gasteiger partial charge in [0.1, 0.15) is 18.3 Å². The number of amides is 2. The molecule has 0 unspecified atom stereocenters. The zero-order valence-corrected chi connectivity index (χ0v) is 23.1. The quantitative estimate of drug-likeness (QED) is 0.396. The highest BCUT2D eigenvalue weighted by molar-refractivity contribution is 7.92.